The fraction of sp³-hybridized carbons (Fsp3) is 0.675. The van der Waals surface area contributed by atoms with Gasteiger partial charge in [0.1, 0.15) is 17.3 Å². The molecule has 8 N–H and O–H groups in total. The first-order valence-electron chi connectivity index (χ1n) is 21.7. The van der Waals surface area contributed by atoms with E-state index in [2.05, 4.69) is 47.2 Å². The molecule has 362 valence electrons. The number of thioether (sulfide) groups is 1. The third-order valence-electron chi connectivity index (χ3n) is 10.3. The number of carboxylic acid groups (broad SMARTS) is 1. The van der Waals surface area contributed by atoms with Crippen LogP contribution in [0.4, 0.5) is 28.0 Å². The van der Waals surface area contributed by atoms with Gasteiger partial charge in [0.2, 0.25) is 23.6 Å². The number of carbonyl (C=O) groups excluding carboxylic acids is 6. The van der Waals surface area contributed by atoms with Crippen LogP contribution in [0.25, 0.3) is 10.4 Å². The van der Waals surface area contributed by atoms with Gasteiger partial charge in [-0.15, -0.1) is 0 Å². The summed E-state index contributed by atoms with van der Waals surface area (Å²) in [7, 11) is 2.77. The van der Waals surface area contributed by atoms with Crippen molar-refractivity contribution in [2.24, 2.45) is 5.11 Å². The van der Waals surface area contributed by atoms with E-state index >= 15 is 0 Å². The Morgan fingerprint density at radius 3 is 1.94 bits per heavy atom. The second-order valence-corrected chi connectivity index (χ2v) is 19.3. The van der Waals surface area contributed by atoms with Crippen LogP contribution in [0.5, 0.6) is 0 Å². The molecular weight excluding hydrogens is 921 g/mol. The predicted octanol–water partition coefficient (Wildman–Crippen LogP) is 5.62. The van der Waals surface area contributed by atoms with E-state index in [1.54, 1.807) is 0 Å². The molecule has 3 rings (SSSR count). The van der Waals surface area contributed by atoms with Crippen LogP contribution in [-0.2, 0) is 24.0 Å². The average Bonchev–Trinajstić information content (AvgIpc) is 3.83. The summed E-state index contributed by atoms with van der Waals surface area (Å²) in [5.41, 5.74) is 5.31. The van der Waals surface area contributed by atoms with Crippen molar-refractivity contribution >= 4 is 80.6 Å². The molecule has 0 spiro atoms. The number of urea groups is 1. The molecule has 2 fully saturated rings. The molecule has 4 unspecified atom stereocenters. The van der Waals surface area contributed by atoms with Gasteiger partial charge in [-0.3, -0.25) is 28.8 Å². The molecule has 65 heavy (non-hydrogen) atoms. The van der Waals surface area contributed by atoms with Crippen molar-refractivity contribution in [2.45, 2.75) is 126 Å². The summed E-state index contributed by atoms with van der Waals surface area (Å²) in [6.45, 7) is 1.03. The maximum Gasteiger partial charge on any atom is 0.315 e. The molecule has 18 nitrogen and oxygen atoms in total. The van der Waals surface area contributed by atoms with Crippen molar-refractivity contribution in [1.29, 1.82) is 0 Å². The molecule has 1 aromatic rings. The lowest BCUT2D eigenvalue weighted by Gasteiger charge is -2.19. The van der Waals surface area contributed by atoms with Crippen molar-refractivity contribution in [3.05, 3.63) is 39.3 Å². The Labute approximate surface area is 386 Å². The molecule has 4 atom stereocenters. The molecule has 1 aromatic carbocycles. The highest BCUT2D eigenvalue weighted by Gasteiger charge is 2.42. The number of azide groups is 1. The van der Waals surface area contributed by atoms with Crippen molar-refractivity contribution < 1.29 is 56.2 Å². The Hall–Kier alpha value is -4.61. The summed E-state index contributed by atoms with van der Waals surface area (Å²) >= 11 is 1.86. The van der Waals surface area contributed by atoms with Crippen molar-refractivity contribution in [3.8, 4) is 0 Å². The number of carboxylic acids is 1. The van der Waals surface area contributed by atoms with E-state index in [4.69, 9.17) is 10.6 Å². The average molecular weight is 979 g/mol. The lowest BCUT2D eigenvalue weighted by atomic mass is 10.0. The molecule has 0 bridgehead atoms. The largest absolute Gasteiger partial charge is 0.481 e. The number of nitrogens with one attached hydrogen (secondary N) is 7. The van der Waals surface area contributed by atoms with Gasteiger partial charge >= 0.3 is 12.0 Å². The zero-order chi connectivity index (χ0) is 47.6. The van der Waals surface area contributed by atoms with Crippen LogP contribution >= 0.6 is 33.3 Å². The number of unbranched alkanes of at least 4 members (excludes halogenated alkanes) is 6. The molecule has 0 saturated carbocycles. The monoisotopic (exact) mass is 978 g/mol. The lowest BCUT2D eigenvalue weighted by molar-refractivity contribution is -0.136. The molecule has 0 aromatic heterocycles. The Morgan fingerprint density at radius 1 is 0.723 bits per heavy atom. The predicted molar refractivity (Wildman–Crippen MR) is 240 cm³/mol. The summed E-state index contributed by atoms with van der Waals surface area (Å²) in [6.07, 6.45) is 7.82. The second-order valence-electron chi connectivity index (χ2n) is 15.3. The molecule has 0 aliphatic carbocycles. The minimum Gasteiger partial charge on any atom is -0.481 e. The number of hydrogen-bond donors (Lipinski definition) is 8. The summed E-state index contributed by atoms with van der Waals surface area (Å²) in [4.78, 5) is 87.1. The quantitative estimate of drug-likeness (QED) is 0.00626. The fourth-order valence-electron chi connectivity index (χ4n) is 6.92. The standard InChI is InChI=1S/C40H58F4N10O8S3/c41-32-31(33(42)35(44)37(34(32)43)53-54-45)39(61)48-19-9-2-4-15-29(57)50-24(38(60)49-20-22-65-64-21-16-30(58)59)11-7-10-18-47-27(55)13-3-1-8-17-46-28(56)14-6-5-12-26-36-25(23-63-26)51-40(62)52-36/h24-26,36H,1-23H2,(H,46,56)(H,47,55)(H,48,61)(H,49,60)(H,50,57)(H,58,59)(H2,51,52,62). The Balaban J connectivity index is 1.28. The van der Waals surface area contributed by atoms with Crippen molar-refractivity contribution in [2.75, 3.05) is 43.4 Å². The first kappa shape index (κ1) is 54.7. The first-order valence-corrected chi connectivity index (χ1v) is 25.2. The van der Waals surface area contributed by atoms with Crippen LogP contribution in [0.3, 0.4) is 0 Å². The Bertz CT molecular complexity index is 1820. The van der Waals surface area contributed by atoms with E-state index in [1.807, 2.05) is 11.8 Å². The van der Waals surface area contributed by atoms with E-state index < -0.39 is 64.3 Å². The van der Waals surface area contributed by atoms with Crippen molar-refractivity contribution in [3.63, 3.8) is 0 Å². The zero-order valence-electron chi connectivity index (χ0n) is 36.0. The topological polar surface area (TPSA) is 273 Å². The van der Waals surface area contributed by atoms with Gasteiger partial charge < -0.3 is 42.3 Å². The third kappa shape index (κ3) is 20.2. The van der Waals surface area contributed by atoms with Gasteiger partial charge in [-0.2, -0.15) is 11.8 Å². The Kier molecular flexibility index (Phi) is 25.7. The summed E-state index contributed by atoms with van der Waals surface area (Å²) in [5.74, 6) is -9.53. The molecule has 2 saturated heterocycles. The van der Waals surface area contributed by atoms with E-state index in [-0.39, 0.29) is 68.7 Å². The number of aliphatic carboxylic acids is 1. The second kappa shape index (κ2) is 30.6. The maximum atomic E-state index is 14.3. The number of halogens is 4. The van der Waals surface area contributed by atoms with E-state index in [1.165, 1.54) is 21.6 Å². The molecule has 2 heterocycles. The Morgan fingerprint density at radius 2 is 1.31 bits per heavy atom. The van der Waals surface area contributed by atoms with Crippen LogP contribution < -0.4 is 37.2 Å². The summed E-state index contributed by atoms with van der Waals surface area (Å²) < 4.78 is 56.6. The highest BCUT2D eigenvalue weighted by molar-refractivity contribution is 8.76. The normalized spacial score (nSPS) is 16.6. The van der Waals surface area contributed by atoms with E-state index in [0.29, 0.717) is 74.8 Å². The van der Waals surface area contributed by atoms with E-state index in [9.17, 15) is 51.1 Å². The van der Waals surface area contributed by atoms with Crippen LogP contribution in [0.2, 0.25) is 0 Å². The van der Waals surface area contributed by atoms with Crippen LogP contribution in [0.1, 0.15) is 113 Å². The minimum atomic E-state index is -2.02. The smallest absolute Gasteiger partial charge is 0.315 e. The number of nitrogens with zero attached hydrogens (tertiary/aromatic N) is 3. The summed E-state index contributed by atoms with van der Waals surface area (Å²) in [6, 6.07) is -0.624. The van der Waals surface area contributed by atoms with Crippen LogP contribution in [0.15, 0.2) is 5.11 Å². The molecular formula is C40H58F4N10O8S3. The number of benzene rings is 1. The molecule has 25 heteroatoms. The van der Waals surface area contributed by atoms with Crippen molar-refractivity contribution in [1.82, 2.24) is 37.2 Å². The number of amides is 7. The highest BCUT2D eigenvalue weighted by Crippen LogP contribution is 2.33. The van der Waals surface area contributed by atoms with E-state index in [0.717, 1.165) is 37.9 Å². The van der Waals surface area contributed by atoms with Gasteiger partial charge in [0.25, 0.3) is 5.91 Å². The maximum absolute atomic E-state index is 14.3. The fourth-order valence-corrected chi connectivity index (χ4v) is 10.3. The zero-order valence-corrected chi connectivity index (χ0v) is 38.4. The first-order chi connectivity index (χ1) is 31.2. The lowest BCUT2D eigenvalue weighted by Crippen LogP contribution is -2.47. The van der Waals surface area contributed by atoms with Gasteiger partial charge in [0.05, 0.1) is 18.5 Å². The highest BCUT2D eigenvalue weighted by atomic mass is 33.1. The number of carbonyl (C=O) groups is 7. The van der Waals surface area contributed by atoms with Gasteiger partial charge in [0.15, 0.2) is 23.3 Å². The number of rotatable bonds is 33. The molecule has 2 aliphatic rings. The van der Waals surface area contributed by atoms with Gasteiger partial charge in [0, 0.05) is 72.9 Å². The van der Waals surface area contributed by atoms with Gasteiger partial charge in [-0.25, -0.2) is 22.4 Å². The summed E-state index contributed by atoms with van der Waals surface area (Å²) in [5, 5.41) is 31.1. The third-order valence-corrected chi connectivity index (χ3v) is 14.2. The van der Waals surface area contributed by atoms with Gasteiger partial charge in [-0.1, -0.05) is 46.0 Å². The van der Waals surface area contributed by atoms with Crippen LogP contribution in [0, 0.1) is 23.3 Å². The SMILES string of the molecule is [N-]=[N+]=Nc1c(F)c(F)c(C(=O)NCCCCCC(=O)NC(CCCCNC(=O)CCCCCNC(=O)CCCCC2SCC3NC(=O)NC32)C(=O)NCCSSCCC(=O)O)c(F)c1F. The number of fused-ring (bicyclic) bond motifs is 1. The van der Waals surface area contributed by atoms with Crippen LogP contribution in [-0.4, -0.2) is 113 Å². The molecule has 0 radical (unpaired) electrons. The minimum absolute atomic E-state index is 0.000731. The van der Waals surface area contributed by atoms with Gasteiger partial charge in [-0.05, 0) is 63.3 Å². The number of hydrogen-bond acceptors (Lipinski definition) is 11. The molecule has 7 amide bonds. The molecule has 2 aliphatic heterocycles.